The molecule has 1 saturated heterocycles. The first-order valence-corrected chi connectivity index (χ1v) is 7.02. The second-order valence-electron chi connectivity index (χ2n) is 4.94. The highest BCUT2D eigenvalue weighted by Gasteiger charge is 2.25. The summed E-state index contributed by atoms with van der Waals surface area (Å²) >= 11 is 5.75. The molecule has 104 valence electrons. The van der Waals surface area contributed by atoms with E-state index >= 15 is 0 Å². The lowest BCUT2D eigenvalue weighted by Crippen LogP contribution is -2.40. The number of piperidine rings is 1. The maximum Gasteiger partial charge on any atom is 0.257 e. The number of aromatic hydroxyl groups is 2. The number of rotatable bonds is 3. The number of halogens is 1. The highest BCUT2D eigenvalue weighted by atomic mass is 35.5. The Balaban J connectivity index is 2.12. The van der Waals surface area contributed by atoms with E-state index in [1.165, 1.54) is 18.2 Å². The first-order valence-electron chi connectivity index (χ1n) is 6.49. The molecule has 1 aromatic rings. The molecule has 1 fully saturated rings. The van der Waals surface area contributed by atoms with Crippen molar-refractivity contribution in [2.24, 2.45) is 5.92 Å². The first-order chi connectivity index (χ1) is 9.11. The predicted molar refractivity (Wildman–Crippen MR) is 73.7 cm³/mol. The fourth-order valence-electron chi connectivity index (χ4n) is 2.51. The molecule has 2 N–H and O–H groups in total. The Kier molecular flexibility index (Phi) is 4.53. The quantitative estimate of drug-likeness (QED) is 0.662. The van der Waals surface area contributed by atoms with Crippen LogP contribution in [0.15, 0.2) is 18.2 Å². The van der Waals surface area contributed by atoms with Crippen molar-refractivity contribution in [3.63, 3.8) is 0 Å². The summed E-state index contributed by atoms with van der Waals surface area (Å²) in [5, 5.41) is 19.1. The normalized spacial score (nSPS) is 19.4. The van der Waals surface area contributed by atoms with Gasteiger partial charge >= 0.3 is 0 Å². The van der Waals surface area contributed by atoms with Gasteiger partial charge in [-0.25, -0.2) is 0 Å². The largest absolute Gasteiger partial charge is 0.508 e. The van der Waals surface area contributed by atoms with Crippen LogP contribution in [0.25, 0.3) is 0 Å². The summed E-state index contributed by atoms with van der Waals surface area (Å²) in [5.74, 6) is 0.685. The van der Waals surface area contributed by atoms with Crippen LogP contribution < -0.4 is 0 Å². The van der Waals surface area contributed by atoms with Crippen LogP contribution in [0, 0.1) is 5.92 Å². The predicted octanol–water partition coefficient (Wildman–Crippen LogP) is 2.58. The second kappa shape index (κ2) is 6.15. The Bertz CT molecular complexity index is 462. The maximum atomic E-state index is 12.3. The number of carbonyl (C=O) groups excluding carboxylic acids is 1. The van der Waals surface area contributed by atoms with Crippen LogP contribution in [0.4, 0.5) is 0 Å². The van der Waals surface area contributed by atoms with Crippen molar-refractivity contribution in [3.05, 3.63) is 23.8 Å². The summed E-state index contributed by atoms with van der Waals surface area (Å²) < 4.78 is 0. The Morgan fingerprint density at radius 2 is 2.21 bits per heavy atom. The van der Waals surface area contributed by atoms with Crippen molar-refractivity contribution in [1.29, 1.82) is 0 Å². The van der Waals surface area contributed by atoms with Gasteiger partial charge in [-0.2, -0.15) is 0 Å². The number of nitrogens with zero attached hydrogens (tertiary/aromatic N) is 1. The number of hydrogen-bond acceptors (Lipinski definition) is 3. The molecule has 1 heterocycles. The molecule has 0 aliphatic carbocycles. The van der Waals surface area contributed by atoms with Crippen LogP contribution in [0.3, 0.4) is 0 Å². The Labute approximate surface area is 117 Å². The van der Waals surface area contributed by atoms with Gasteiger partial charge in [-0.3, -0.25) is 4.79 Å². The molecule has 0 radical (unpaired) electrons. The molecule has 4 nitrogen and oxygen atoms in total. The van der Waals surface area contributed by atoms with Crippen LogP contribution in [0.1, 0.15) is 29.6 Å². The van der Waals surface area contributed by atoms with Crippen LogP contribution >= 0.6 is 11.6 Å². The third-order valence-electron chi connectivity index (χ3n) is 3.53. The van der Waals surface area contributed by atoms with Gasteiger partial charge in [-0.1, -0.05) is 0 Å². The van der Waals surface area contributed by atoms with E-state index in [4.69, 9.17) is 11.6 Å². The van der Waals surface area contributed by atoms with Gasteiger partial charge in [0.2, 0.25) is 0 Å². The molecule has 0 bridgehead atoms. The molecule has 1 amide bonds. The number of alkyl halides is 1. The fourth-order valence-corrected chi connectivity index (χ4v) is 2.81. The number of phenolic OH excluding ortho intramolecular Hbond substituents is 2. The Hall–Kier alpha value is -1.42. The standard InChI is InChI=1S/C14H18ClNO3/c15-6-5-10-2-1-7-16(9-10)14(19)12-8-11(17)3-4-13(12)18/h3-4,8,10,17-18H,1-2,5-7,9H2. The van der Waals surface area contributed by atoms with Crippen molar-refractivity contribution in [2.75, 3.05) is 19.0 Å². The lowest BCUT2D eigenvalue weighted by atomic mass is 9.95. The molecule has 1 aliphatic heterocycles. The molecule has 1 atom stereocenters. The topological polar surface area (TPSA) is 60.8 Å². The molecular formula is C14H18ClNO3. The van der Waals surface area contributed by atoms with E-state index in [9.17, 15) is 15.0 Å². The minimum absolute atomic E-state index is 0.0181. The smallest absolute Gasteiger partial charge is 0.257 e. The minimum Gasteiger partial charge on any atom is -0.508 e. The third-order valence-corrected chi connectivity index (χ3v) is 3.75. The summed E-state index contributed by atoms with van der Waals surface area (Å²) in [6.45, 7) is 1.35. The van der Waals surface area contributed by atoms with Crippen LogP contribution in [-0.4, -0.2) is 40.0 Å². The van der Waals surface area contributed by atoms with Crippen molar-refractivity contribution < 1.29 is 15.0 Å². The molecule has 2 rings (SSSR count). The maximum absolute atomic E-state index is 12.3. The number of carbonyl (C=O) groups is 1. The molecule has 1 aliphatic rings. The first kappa shape index (κ1) is 14.0. The number of benzene rings is 1. The second-order valence-corrected chi connectivity index (χ2v) is 5.32. The average molecular weight is 284 g/mol. The molecule has 0 aromatic heterocycles. The lowest BCUT2D eigenvalue weighted by Gasteiger charge is -2.32. The van der Waals surface area contributed by atoms with Crippen LogP contribution in [0.2, 0.25) is 0 Å². The molecule has 0 spiro atoms. The van der Waals surface area contributed by atoms with Gasteiger partial charge in [0, 0.05) is 19.0 Å². The van der Waals surface area contributed by atoms with Gasteiger partial charge in [0.15, 0.2) is 0 Å². The van der Waals surface area contributed by atoms with Crippen molar-refractivity contribution >= 4 is 17.5 Å². The summed E-state index contributed by atoms with van der Waals surface area (Å²) in [4.78, 5) is 14.1. The molecule has 5 heteroatoms. The van der Waals surface area contributed by atoms with Crippen molar-refractivity contribution in [1.82, 2.24) is 4.90 Å². The summed E-state index contributed by atoms with van der Waals surface area (Å²) in [6, 6.07) is 4.00. The SMILES string of the molecule is O=C(c1cc(O)ccc1O)N1CCCC(CCCl)C1. The lowest BCUT2D eigenvalue weighted by molar-refractivity contribution is 0.0668. The third kappa shape index (κ3) is 3.32. The van der Waals surface area contributed by atoms with E-state index in [0.717, 1.165) is 19.3 Å². The zero-order valence-corrected chi connectivity index (χ0v) is 11.4. The molecule has 19 heavy (non-hydrogen) atoms. The minimum atomic E-state index is -0.229. The van der Waals surface area contributed by atoms with Crippen molar-refractivity contribution in [3.8, 4) is 11.5 Å². The van der Waals surface area contributed by atoms with Crippen molar-refractivity contribution in [2.45, 2.75) is 19.3 Å². The van der Waals surface area contributed by atoms with Gasteiger partial charge in [-0.05, 0) is 43.4 Å². The molecule has 1 aromatic carbocycles. The summed E-state index contributed by atoms with van der Waals surface area (Å²) in [7, 11) is 0. The van der Waals surface area contributed by atoms with E-state index in [0.29, 0.717) is 24.9 Å². The van der Waals surface area contributed by atoms with Gasteiger partial charge in [0.25, 0.3) is 5.91 Å². The summed E-state index contributed by atoms with van der Waals surface area (Å²) in [6.07, 6.45) is 2.94. The average Bonchev–Trinajstić information content (AvgIpc) is 2.41. The van der Waals surface area contributed by atoms with E-state index < -0.39 is 0 Å². The molecule has 0 saturated carbocycles. The van der Waals surface area contributed by atoms with Gasteiger partial charge in [0.1, 0.15) is 11.5 Å². The highest BCUT2D eigenvalue weighted by Crippen LogP contribution is 2.26. The number of amides is 1. The summed E-state index contributed by atoms with van der Waals surface area (Å²) in [5.41, 5.74) is 0.159. The zero-order chi connectivity index (χ0) is 13.8. The Morgan fingerprint density at radius 3 is 2.95 bits per heavy atom. The van der Waals surface area contributed by atoms with Gasteiger partial charge in [-0.15, -0.1) is 11.6 Å². The van der Waals surface area contributed by atoms with E-state index in [1.807, 2.05) is 0 Å². The van der Waals surface area contributed by atoms with Gasteiger partial charge in [0.05, 0.1) is 5.56 Å². The fraction of sp³-hybridized carbons (Fsp3) is 0.500. The van der Waals surface area contributed by atoms with E-state index in [1.54, 1.807) is 4.90 Å². The van der Waals surface area contributed by atoms with E-state index in [2.05, 4.69) is 0 Å². The van der Waals surface area contributed by atoms with Crippen LogP contribution in [-0.2, 0) is 0 Å². The highest BCUT2D eigenvalue weighted by molar-refractivity contribution is 6.17. The Morgan fingerprint density at radius 1 is 1.42 bits per heavy atom. The van der Waals surface area contributed by atoms with E-state index in [-0.39, 0.29) is 23.0 Å². The number of hydrogen-bond donors (Lipinski definition) is 2. The van der Waals surface area contributed by atoms with Gasteiger partial charge < -0.3 is 15.1 Å². The zero-order valence-electron chi connectivity index (χ0n) is 10.7. The molecular weight excluding hydrogens is 266 g/mol. The number of likely N-dealkylation sites (tertiary alicyclic amines) is 1. The van der Waals surface area contributed by atoms with Crippen LogP contribution in [0.5, 0.6) is 11.5 Å². The molecule has 1 unspecified atom stereocenters. The number of phenols is 2. The monoisotopic (exact) mass is 283 g/mol.